The summed E-state index contributed by atoms with van der Waals surface area (Å²) in [6.07, 6.45) is 2.23. The number of aliphatic hydroxyl groups excluding tert-OH is 1. The van der Waals surface area contributed by atoms with Crippen LogP contribution in [0.1, 0.15) is 12.8 Å². The smallest absolute Gasteiger partial charge is 0.0593 e. The molecular weight excluding hydrogens is 530 g/mol. The number of halogens is 1. The van der Waals surface area contributed by atoms with Crippen LogP contribution in [-0.4, -0.2) is 130 Å². The molecule has 9 heteroatoms. The van der Waals surface area contributed by atoms with E-state index in [1.807, 2.05) is 17.8 Å². The van der Waals surface area contributed by atoms with E-state index in [2.05, 4.69) is 60.9 Å². The van der Waals surface area contributed by atoms with Crippen molar-refractivity contribution in [2.24, 2.45) is 0 Å². The highest BCUT2D eigenvalue weighted by Crippen LogP contribution is 2.48. The van der Waals surface area contributed by atoms with E-state index in [4.69, 9.17) is 21.4 Å². The minimum atomic E-state index is 0.266. The molecule has 3 aliphatic heterocycles. The first kappa shape index (κ1) is 29.1. The summed E-state index contributed by atoms with van der Waals surface area (Å²) in [6, 6.07) is 15.0. The van der Waals surface area contributed by atoms with E-state index in [1.54, 1.807) is 0 Å². The second-order valence-corrected chi connectivity index (χ2v) is 12.3. The van der Waals surface area contributed by atoms with Gasteiger partial charge in [0.15, 0.2) is 0 Å². The Morgan fingerprint density at radius 1 is 0.667 bits per heavy atom. The number of ether oxygens (including phenoxy) is 1. The van der Waals surface area contributed by atoms with Gasteiger partial charge in [-0.05, 0) is 49.7 Å². The maximum Gasteiger partial charge on any atom is 0.0593 e. The van der Waals surface area contributed by atoms with Gasteiger partial charge in [0.2, 0.25) is 0 Å². The van der Waals surface area contributed by atoms with Gasteiger partial charge in [-0.1, -0.05) is 35.5 Å². The van der Waals surface area contributed by atoms with Crippen LogP contribution in [0.25, 0.3) is 0 Å². The highest BCUT2D eigenvalue weighted by atomic mass is 35.5. The van der Waals surface area contributed by atoms with E-state index in [-0.39, 0.29) is 6.61 Å². The van der Waals surface area contributed by atoms with Crippen molar-refractivity contribution in [2.45, 2.75) is 22.6 Å². The summed E-state index contributed by atoms with van der Waals surface area (Å²) in [6.45, 7) is 15.9. The summed E-state index contributed by atoms with van der Waals surface area (Å²) in [5, 5.41) is 9.87. The lowest BCUT2D eigenvalue weighted by Gasteiger charge is -2.36. The number of anilines is 2. The molecule has 0 spiro atoms. The predicted molar refractivity (Wildman–Crippen MR) is 162 cm³/mol. The Balaban J connectivity index is 0.949. The molecule has 2 fully saturated rings. The average molecular weight is 574 g/mol. The van der Waals surface area contributed by atoms with Crippen LogP contribution in [0.4, 0.5) is 11.4 Å². The Kier molecular flexibility index (Phi) is 11.2. The number of hydrogen-bond donors (Lipinski definition) is 1. The van der Waals surface area contributed by atoms with Gasteiger partial charge < -0.3 is 24.5 Å². The first-order valence-electron chi connectivity index (χ1n) is 14.6. The molecule has 3 aliphatic rings. The van der Waals surface area contributed by atoms with Gasteiger partial charge in [-0.25, -0.2) is 0 Å². The van der Waals surface area contributed by atoms with Crippen LogP contribution in [0.3, 0.4) is 0 Å². The zero-order chi connectivity index (χ0) is 26.9. The third-order valence-electron chi connectivity index (χ3n) is 8.10. The Labute approximate surface area is 243 Å². The zero-order valence-corrected chi connectivity index (χ0v) is 24.7. The Bertz CT molecular complexity index is 1030. The number of β-amino-alcohol motifs (C(OH)–C–C–N with tert-alkyl or cyclic N) is 1. The van der Waals surface area contributed by atoms with Crippen LogP contribution < -0.4 is 4.90 Å². The first-order valence-corrected chi connectivity index (χ1v) is 15.8. The minimum Gasteiger partial charge on any atom is -0.395 e. The summed E-state index contributed by atoms with van der Waals surface area (Å²) in [5.74, 6) is 0. The molecule has 39 heavy (non-hydrogen) atoms. The second kappa shape index (κ2) is 15.0. The fourth-order valence-electron chi connectivity index (χ4n) is 5.80. The molecule has 0 bridgehead atoms. The van der Waals surface area contributed by atoms with E-state index in [1.165, 1.54) is 21.2 Å². The van der Waals surface area contributed by atoms with Crippen molar-refractivity contribution >= 4 is 34.7 Å². The van der Waals surface area contributed by atoms with Gasteiger partial charge in [-0.15, -0.1) is 0 Å². The molecule has 2 aromatic rings. The van der Waals surface area contributed by atoms with Crippen molar-refractivity contribution in [3.8, 4) is 0 Å². The van der Waals surface area contributed by atoms with E-state index in [9.17, 15) is 0 Å². The molecule has 0 aromatic heterocycles. The van der Waals surface area contributed by atoms with Crippen molar-refractivity contribution in [1.82, 2.24) is 19.6 Å². The standard InChI is InChI=1S/C30H44ClN5O2S/c31-26-7-8-30-28(25-26)36(27-5-1-2-6-29(27)39-30)11-3-9-32-14-18-35(19-15-32)21-24-38-23-4-10-33-12-16-34(17-13-33)20-22-37/h1-2,5-8,25,37H,3-4,9-24H2. The molecule has 5 rings (SSSR count). The quantitative estimate of drug-likeness (QED) is 0.361. The van der Waals surface area contributed by atoms with Crippen molar-refractivity contribution in [2.75, 3.05) is 110 Å². The van der Waals surface area contributed by atoms with Gasteiger partial charge in [0.25, 0.3) is 0 Å². The minimum absolute atomic E-state index is 0.266. The summed E-state index contributed by atoms with van der Waals surface area (Å²) in [7, 11) is 0. The van der Waals surface area contributed by atoms with Crippen molar-refractivity contribution < 1.29 is 9.84 Å². The normalized spacial score (nSPS) is 19.3. The van der Waals surface area contributed by atoms with E-state index >= 15 is 0 Å². The molecule has 0 aliphatic carbocycles. The highest BCUT2D eigenvalue weighted by molar-refractivity contribution is 7.99. The molecule has 214 valence electrons. The zero-order valence-electron chi connectivity index (χ0n) is 23.1. The molecule has 0 amide bonds. The van der Waals surface area contributed by atoms with Gasteiger partial charge >= 0.3 is 0 Å². The van der Waals surface area contributed by atoms with Gasteiger partial charge in [0.1, 0.15) is 0 Å². The van der Waals surface area contributed by atoms with Gasteiger partial charge in [0.05, 0.1) is 24.6 Å². The lowest BCUT2D eigenvalue weighted by molar-refractivity contribution is 0.0654. The lowest BCUT2D eigenvalue weighted by Crippen LogP contribution is -2.48. The van der Waals surface area contributed by atoms with Crippen LogP contribution >= 0.6 is 23.4 Å². The van der Waals surface area contributed by atoms with Crippen LogP contribution in [0.15, 0.2) is 52.3 Å². The average Bonchev–Trinajstić information content (AvgIpc) is 2.96. The number of nitrogens with zero attached hydrogens (tertiary/aromatic N) is 5. The van der Waals surface area contributed by atoms with Gasteiger partial charge in [-0.2, -0.15) is 0 Å². The number of piperazine rings is 2. The first-order chi connectivity index (χ1) is 19.2. The monoisotopic (exact) mass is 573 g/mol. The molecule has 3 heterocycles. The molecule has 2 saturated heterocycles. The largest absolute Gasteiger partial charge is 0.395 e. The summed E-state index contributed by atoms with van der Waals surface area (Å²) in [5.41, 5.74) is 2.53. The second-order valence-electron chi connectivity index (χ2n) is 10.7. The summed E-state index contributed by atoms with van der Waals surface area (Å²) >= 11 is 8.22. The fourth-order valence-corrected chi connectivity index (χ4v) is 7.04. The van der Waals surface area contributed by atoms with Crippen molar-refractivity contribution in [3.63, 3.8) is 0 Å². The van der Waals surface area contributed by atoms with Crippen molar-refractivity contribution in [3.05, 3.63) is 47.5 Å². The number of benzene rings is 2. The molecule has 0 radical (unpaired) electrons. The Morgan fingerprint density at radius 2 is 1.28 bits per heavy atom. The Morgan fingerprint density at radius 3 is 2.00 bits per heavy atom. The van der Waals surface area contributed by atoms with Gasteiger partial charge in [0, 0.05) is 100.0 Å². The third-order valence-corrected chi connectivity index (χ3v) is 9.47. The van der Waals surface area contributed by atoms with Gasteiger partial charge in [-0.3, -0.25) is 9.80 Å². The molecule has 0 atom stereocenters. The van der Waals surface area contributed by atoms with Crippen molar-refractivity contribution in [1.29, 1.82) is 0 Å². The van der Waals surface area contributed by atoms with Crippen LogP contribution in [0.5, 0.6) is 0 Å². The van der Waals surface area contributed by atoms with Crippen LogP contribution in [-0.2, 0) is 4.74 Å². The number of fused-ring (bicyclic) bond motifs is 2. The maximum atomic E-state index is 9.07. The van der Waals surface area contributed by atoms with Crippen LogP contribution in [0.2, 0.25) is 5.02 Å². The maximum absolute atomic E-state index is 9.07. The molecule has 2 aromatic carbocycles. The summed E-state index contributed by atoms with van der Waals surface area (Å²) < 4.78 is 5.97. The fraction of sp³-hybridized carbons (Fsp3) is 0.600. The SMILES string of the molecule is OCCN1CCN(CCCOCCN2CCN(CCCN3c4ccccc4Sc4ccc(Cl)cc43)CC2)CC1. The number of para-hydroxylation sites is 1. The highest BCUT2D eigenvalue weighted by Gasteiger charge is 2.24. The number of rotatable bonds is 13. The predicted octanol–water partition coefficient (Wildman–Crippen LogP) is 3.97. The molecule has 1 N–H and O–H groups in total. The third kappa shape index (κ3) is 8.33. The van der Waals surface area contributed by atoms with E-state index < -0.39 is 0 Å². The summed E-state index contributed by atoms with van der Waals surface area (Å²) in [4.78, 5) is 15.1. The molecular formula is C30H44ClN5O2S. The van der Waals surface area contributed by atoms with E-state index in [0.29, 0.717) is 0 Å². The molecule has 0 unspecified atom stereocenters. The van der Waals surface area contributed by atoms with Crippen LogP contribution in [0, 0.1) is 0 Å². The molecule has 7 nitrogen and oxygen atoms in total. The molecule has 0 saturated carbocycles. The number of hydrogen-bond acceptors (Lipinski definition) is 8. The number of aliphatic hydroxyl groups is 1. The topological polar surface area (TPSA) is 45.7 Å². The van der Waals surface area contributed by atoms with E-state index in [0.717, 1.165) is 116 Å². The lowest BCUT2D eigenvalue weighted by atomic mass is 10.2. The Hall–Kier alpha value is -1.36.